The number of anilines is 1. The number of amides is 2. The summed E-state index contributed by atoms with van der Waals surface area (Å²) in [7, 11) is 0. The van der Waals surface area contributed by atoms with Gasteiger partial charge in [-0.2, -0.15) is 0 Å². The molecule has 3 aliphatic heterocycles. The van der Waals surface area contributed by atoms with E-state index in [0.29, 0.717) is 30.8 Å². The highest BCUT2D eigenvalue weighted by Crippen LogP contribution is 2.43. The Labute approximate surface area is 177 Å². The summed E-state index contributed by atoms with van der Waals surface area (Å²) in [5, 5.41) is 4.20. The number of carbonyl (C=O) groups is 2. The molecule has 0 aliphatic carbocycles. The van der Waals surface area contributed by atoms with Crippen molar-refractivity contribution in [1.29, 1.82) is 0 Å². The normalized spacial score (nSPS) is 28.4. The number of nitrogens with one attached hydrogen (secondary N) is 1. The molecule has 4 heterocycles. The van der Waals surface area contributed by atoms with Crippen molar-refractivity contribution in [1.82, 2.24) is 15.2 Å². The number of pyridine rings is 1. The summed E-state index contributed by atoms with van der Waals surface area (Å²) in [6, 6.07) is 10.9. The van der Waals surface area contributed by atoms with E-state index in [1.54, 1.807) is 6.92 Å². The van der Waals surface area contributed by atoms with E-state index >= 15 is 0 Å². The predicted octanol–water partition coefficient (Wildman–Crippen LogP) is 2.89. The standard InChI is InChI=1S/C24H30N4O2/c1-15-10-22(19-6-3-4-7-20(19)26-15)27-13-17-11-18(14-27)23(12-25-16(2)29)28-21(17)8-5-9-24(28)30/h3-4,6-7,10,17-18,21,23H,5,8-9,11-14H2,1-2H3,(H,25,29)/t17-,18+,21+,23+/m1/s1. The second-order valence-corrected chi connectivity index (χ2v) is 9.23. The number of hydrogen-bond donors (Lipinski definition) is 1. The first-order chi connectivity index (χ1) is 14.5. The van der Waals surface area contributed by atoms with E-state index in [9.17, 15) is 9.59 Å². The molecule has 2 amide bonds. The fraction of sp³-hybridized carbons (Fsp3) is 0.542. The molecule has 6 nitrogen and oxygen atoms in total. The molecular weight excluding hydrogens is 376 g/mol. The van der Waals surface area contributed by atoms with Gasteiger partial charge in [-0.1, -0.05) is 18.2 Å². The molecule has 0 radical (unpaired) electrons. The molecule has 4 atom stereocenters. The quantitative estimate of drug-likeness (QED) is 0.851. The zero-order valence-electron chi connectivity index (χ0n) is 17.8. The van der Waals surface area contributed by atoms with Crippen LogP contribution in [0.3, 0.4) is 0 Å². The summed E-state index contributed by atoms with van der Waals surface area (Å²) in [4.78, 5) is 33.9. The van der Waals surface area contributed by atoms with Crippen LogP contribution in [0.2, 0.25) is 0 Å². The van der Waals surface area contributed by atoms with Crippen LogP contribution in [0.1, 0.15) is 38.3 Å². The van der Waals surface area contributed by atoms with Gasteiger partial charge in [-0.15, -0.1) is 0 Å². The molecule has 158 valence electrons. The highest BCUT2D eigenvalue weighted by Gasteiger charge is 2.49. The first kappa shape index (κ1) is 19.3. The van der Waals surface area contributed by atoms with Crippen LogP contribution in [0.4, 0.5) is 5.69 Å². The van der Waals surface area contributed by atoms with Crippen LogP contribution in [-0.4, -0.2) is 53.4 Å². The van der Waals surface area contributed by atoms with Gasteiger partial charge in [0.2, 0.25) is 11.8 Å². The van der Waals surface area contributed by atoms with Gasteiger partial charge < -0.3 is 15.1 Å². The second kappa shape index (κ2) is 7.56. The second-order valence-electron chi connectivity index (χ2n) is 9.23. The molecule has 2 aromatic rings. The van der Waals surface area contributed by atoms with Crippen molar-refractivity contribution in [3.63, 3.8) is 0 Å². The van der Waals surface area contributed by atoms with Gasteiger partial charge in [0.1, 0.15) is 0 Å². The molecule has 5 rings (SSSR count). The Bertz CT molecular complexity index is 990. The van der Waals surface area contributed by atoms with Crippen LogP contribution in [0.15, 0.2) is 30.3 Å². The maximum absolute atomic E-state index is 12.9. The number of aromatic nitrogens is 1. The van der Waals surface area contributed by atoms with Gasteiger partial charge in [0.05, 0.1) is 11.6 Å². The Balaban J connectivity index is 1.51. The van der Waals surface area contributed by atoms with Gasteiger partial charge in [0.25, 0.3) is 0 Å². The van der Waals surface area contributed by atoms with E-state index < -0.39 is 0 Å². The Kier molecular flexibility index (Phi) is 4.88. The summed E-state index contributed by atoms with van der Waals surface area (Å²) in [5.41, 5.74) is 3.32. The van der Waals surface area contributed by atoms with Crippen LogP contribution < -0.4 is 10.2 Å². The maximum atomic E-state index is 12.9. The van der Waals surface area contributed by atoms with Gasteiger partial charge in [-0.3, -0.25) is 14.6 Å². The number of nitrogens with zero attached hydrogens (tertiary/aromatic N) is 3. The van der Waals surface area contributed by atoms with E-state index in [1.165, 1.54) is 11.1 Å². The van der Waals surface area contributed by atoms with E-state index in [4.69, 9.17) is 4.98 Å². The minimum Gasteiger partial charge on any atom is -0.370 e. The number of rotatable bonds is 3. The zero-order chi connectivity index (χ0) is 20.8. The fourth-order valence-corrected chi connectivity index (χ4v) is 6.03. The number of hydrogen-bond acceptors (Lipinski definition) is 4. The molecule has 1 aromatic heterocycles. The maximum Gasteiger partial charge on any atom is 0.223 e. The van der Waals surface area contributed by atoms with Crippen molar-refractivity contribution in [3.8, 4) is 0 Å². The summed E-state index contributed by atoms with van der Waals surface area (Å²) < 4.78 is 0. The third-order valence-corrected chi connectivity index (χ3v) is 7.22. The molecule has 3 fully saturated rings. The highest BCUT2D eigenvalue weighted by atomic mass is 16.2. The molecule has 1 aromatic carbocycles. The monoisotopic (exact) mass is 406 g/mol. The Hall–Kier alpha value is -2.63. The van der Waals surface area contributed by atoms with E-state index in [2.05, 4.69) is 46.3 Å². The molecule has 0 saturated carbocycles. The number of benzene rings is 1. The molecule has 3 saturated heterocycles. The highest BCUT2D eigenvalue weighted by molar-refractivity contribution is 5.92. The summed E-state index contributed by atoms with van der Waals surface area (Å²) in [6.45, 7) is 6.05. The number of carbonyl (C=O) groups excluding carboxylic acids is 2. The average molecular weight is 407 g/mol. The molecule has 3 aliphatic rings. The van der Waals surface area contributed by atoms with Crippen LogP contribution in [0.5, 0.6) is 0 Å². The van der Waals surface area contributed by atoms with E-state index in [-0.39, 0.29) is 17.9 Å². The van der Waals surface area contributed by atoms with Gasteiger partial charge in [0.15, 0.2) is 0 Å². The Morgan fingerprint density at radius 1 is 1.23 bits per heavy atom. The molecule has 0 spiro atoms. The lowest BCUT2D eigenvalue weighted by molar-refractivity contribution is -0.149. The molecule has 6 heteroatoms. The van der Waals surface area contributed by atoms with Gasteiger partial charge in [-0.05, 0) is 50.2 Å². The summed E-state index contributed by atoms with van der Waals surface area (Å²) in [6.07, 6.45) is 3.83. The van der Waals surface area contributed by atoms with E-state index in [1.807, 2.05) is 6.07 Å². The largest absolute Gasteiger partial charge is 0.370 e. The first-order valence-electron chi connectivity index (χ1n) is 11.2. The molecule has 30 heavy (non-hydrogen) atoms. The van der Waals surface area contributed by atoms with Crippen LogP contribution in [0.25, 0.3) is 10.9 Å². The Morgan fingerprint density at radius 3 is 2.87 bits per heavy atom. The molecule has 1 N–H and O–H groups in total. The van der Waals surface area contributed by atoms with Gasteiger partial charge >= 0.3 is 0 Å². The summed E-state index contributed by atoms with van der Waals surface area (Å²) in [5.74, 6) is 1.09. The van der Waals surface area contributed by atoms with E-state index in [0.717, 1.165) is 43.6 Å². The minimum absolute atomic E-state index is 0.0263. The lowest BCUT2D eigenvalue weighted by Gasteiger charge is -2.57. The van der Waals surface area contributed by atoms with Crippen LogP contribution >= 0.6 is 0 Å². The first-order valence-corrected chi connectivity index (χ1v) is 11.2. The minimum atomic E-state index is -0.0263. The van der Waals surface area contributed by atoms with Crippen molar-refractivity contribution in [3.05, 3.63) is 36.0 Å². The number of fused-ring (bicyclic) bond motifs is 5. The molecule has 2 bridgehead atoms. The zero-order valence-corrected chi connectivity index (χ0v) is 17.8. The van der Waals surface area contributed by atoms with Crippen molar-refractivity contribution in [2.75, 3.05) is 24.5 Å². The van der Waals surface area contributed by atoms with Gasteiger partial charge in [0, 0.05) is 55.8 Å². The molecule has 0 unspecified atom stereocenters. The van der Waals surface area contributed by atoms with Crippen molar-refractivity contribution in [2.24, 2.45) is 11.8 Å². The summed E-state index contributed by atoms with van der Waals surface area (Å²) >= 11 is 0. The smallest absolute Gasteiger partial charge is 0.223 e. The van der Waals surface area contributed by atoms with Gasteiger partial charge in [-0.25, -0.2) is 0 Å². The molecular formula is C24H30N4O2. The van der Waals surface area contributed by atoms with Crippen LogP contribution in [-0.2, 0) is 9.59 Å². The Morgan fingerprint density at radius 2 is 2.03 bits per heavy atom. The van der Waals surface area contributed by atoms with Crippen molar-refractivity contribution >= 4 is 28.4 Å². The van der Waals surface area contributed by atoms with Crippen molar-refractivity contribution in [2.45, 2.75) is 51.6 Å². The lowest BCUT2D eigenvalue weighted by atomic mass is 9.72. The number of para-hydroxylation sites is 1. The van der Waals surface area contributed by atoms with Crippen LogP contribution in [0, 0.1) is 18.8 Å². The third kappa shape index (κ3) is 3.32. The average Bonchev–Trinajstić information content (AvgIpc) is 2.73. The topological polar surface area (TPSA) is 65.5 Å². The third-order valence-electron chi connectivity index (χ3n) is 7.22. The predicted molar refractivity (Wildman–Crippen MR) is 117 cm³/mol. The SMILES string of the molecule is CC(=O)NC[C@H]1[C@H]2C[C@H](CN(c3cc(C)nc4ccccc34)C2)[C@@H]2CCCC(=O)N21. The number of piperidine rings is 3. The fourth-order valence-electron chi connectivity index (χ4n) is 6.03. The number of aryl methyl sites for hydroxylation is 1. The van der Waals surface area contributed by atoms with Crippen molar-refractivity contribution < 1.29 is 9.59 Å². The lowest BCUT2D eigenvalue weighted by Crippen LogP contribution is -2.67.